The second-order valence-corrected chi connectivity index (χ2v) is 4.34. The normalized spacial score (nSPS) is 10.1. The Bertz CT molecular complexity index is 683. The maximum Gasteiger partial charge on any atom is 0.274 e. The minimum atomic E-state index is -0.481. The van der Waals surface area contributed by atoms with E-state index in [0.29, 0.717) is 22.5 Å². The number of rotatable bonds is 3. The average Bonchev–Trinajstić information content (AvgIpc) is 2.40. The van der Waals surface area contributed by atoms with Crippen molar-refractivity contribution >= 4 is 23.0 Å². The zero-order valence-corrected chi connectivity index (χ0v) is 10.8. The SMILES string of the molecule is Cc1ccc(NC(=O)c2cccc(N)c2)cc1[N+](=O)[O-]. The zero-order valence-electron chi connectivity index (χ0n) is 10.8. The van der Waals surface area contributed by atoms with Gasteiger partial charge in [0.15, 0.2) is 0 Å². The van der Waals surface area contributed by atoms with E-state index in [1.165, 1.54) is 12.1 Å². The van der Waals surface area contributed by atoms with E-state index in [1.54, 1.807) is 37.3 Å². The highest BCUT2D eigenvalue weighted by atomic mass is 16.6. The van der Waals surface area contributed by atoms with Gasteiger partial charge in [-0.1, -0.05) is 12.1 Å². The average molecular weight is 271 g/mol. The molecule has 6 heteroatoms. The molecule has 0 fully saturated rings. The Hall–Kier alpha value is -2.89. The van der Waals surface area contributed by atoms with Crippen molar-refractivity contribution in [3.05, 3.63) is 63.7 Å². The van der Waals surface area contributed by atoms with Crippen LogP contribution in [-0.2, 0) is 0 Å². The molecular formula is C14H13N3O3. The number of carbonyl (C=O) groups is 1. The van der Waals surface area contributed by atoms with Crippen molar-refractivity contribution in [2.45, 2.75) is 6.92 Å². The van der Waals surface area contributed by atoms with Crippen LogP contribution in [0.25, 0.3) is 0 Å². The number of nitrogens with two attached hydrogens (primary N) is 1. The largest absolute Gasteiger partial charge is 0.399 e. The van der Waals surface area contributed by atoms with Gasteiger partial charge in [-0.2, -0.15) is 0 Å². The zero-order chi connectivity index (χ0) is 14.7. The fourth-order valence-electron chi connectivity index (χ4n) is 1.77. The summed E-state index contributed by atoms with van der Waals surface area (Å²) in [6, 6.07) is 11.0. The van der Waals surface area contributed by atoms with Crippen LogP contribution >= 0.6 is 0 Å². The topological polar surface area (TPSA) is 98.3 Å². The molecule has 2 rings (SSSR count). The summed E-state index contributed by atoms with van der Waals surface area (Å²) >= 11 is 0. The quantitative estimate of drug-likeness (QED) is 0.509. The lowest BCUT2D eigenvalue weighted by Gasteiger charge is -2.06. The van der Waals surface area contributed by atoms with Gasteiger partial charge in [0, 0.05) is 28.6 Å². The van der Waals surface area contributed by atoms with Crippen LogP contribution < -0.4 is 11.1 Å². The molecule has 0 spiro atoms. The van der Waals surface area contributed by atoms with Crippen LogP contribution in [0.1, 0.15) is 15.9 Å². The van der Waals surface area contributed by atoms with E-state index in [0.717, 1.165) is 0 Å². The number of nitrogens with zero attached hydrogens (tertiary/aromatic N) is 1. The molecule has 0 saturated heterocycles. The van der Waals surface area contributed by atoms with Crippen molar-refractivity contribution in [2.24, 2.45) is 0 Å². The lowest BCUT2D eigenvalue weighted by atomic mass is 10.1. The molecule has 0 bridgehead atoms. The highest BCUT2D eigenvalue weighted by Gasteiger charge is 2.13. The second kappa shape index (κ2) is 5.40. The van der Waals surface area contributed by atoms with Gasteiger partial charge in [-0.05, 0) is 31.2 Å². The highest BCUT2D eigenvalue weighted by Crippen LogP contribution is 2.22. The van der Waals surface area contributed by atoms with Gasteiger partial charge >= 0.3 is 0 Å². The molecule has 2 aromatic carbocycles. The molecule has 0 heterocycles. The molecule has 3 N–H and O–H groups in total. The van der Waals surface area contributed by atoms with Crippen LogP contribution in [0.4, 0.5) is 17.1 Å². The monoisotopic (exact) mass is 271 g/mol. The first-order valence-corrected chi connectivity index (χ1v) is 5.89. The van der Waals surface area contributed by atoms with E-state index in [2.05, 4.69) is 5.32 Å². The van der Waals surface area contributed by atoms with Gasteiger partial charge in [0.05, 0.1) is 4.92 Å². The maximum absolute atomic E-state index is 12.0. The third-order valence-corrected chi connectivity index (χ3v) is 2.81. The number of amides is 1. The van der Waals surface area contributed by atoms with Crippen molar-refractivity contribution in [1.82, 2.24) is 0 Å². The molecule has 1 amide bonds. The van der Waals surface area contributed by atoms with Crippen molar-refractivity contribution in [1.29, 1.82) is 0 Å². The predicted octanol–water partition coefficient (Wildman–Crippen LogP) is 2.74. The summed E-state index contributed by atoms with van der Waals surface area (Å²) < 4.78 is 0. The molecule has 0 aromatic heterocycles. The summed E-state index contributed by atoms with van der Waals surface area (Å²) in [6.45, 7) is 1.64. The summed E-state index contributed by atoms with van der Waals surface area (Å²) in [5.74, 6) is -0.365. The van der Waals surface area contributed by atoms with Gasteiger partial charge in [-0.3, -0.25) is 14.9 Å². The first-order chi connectivity index (χ1) is 9.47. The molecule has 2 aromatic rings. The Balaban J connectivity index is 2.24. The Morgan fingerprint density at radius 1 is 1.25 bits per heavy atom. The van der Waals surface area contributed by atoms with Gasteiger partial charge in [-0.15, -0.1) is 0 Å². The molecule has 6 nitrogen and oxygen atoms in total. The number of hydrogen-bond acceptors (Lipinski definition) is 4. The van der Waals surface area contributed by atoms with Crippen LogP contribution in [0.3, 0.4) is 0 Å². The van der Waals surface area contributed by atoms with Crippen LogP contribution in [0.5, 0.6) is 0 Å². The van der Waals surface area contributed by atoms with Gasteiger partial charge < -0.3 is 11.1 Å². The van der Waals surface area contributed by atoms with E-state index in [9.17, 15) is 14.9 Å². The van der Waals surface area contributed by atoms with Gasteiger partial charge in [0.2, 0.25) is 0 Å². The number of nitro groups is 1. The van der Waals surface area contributed by atoms with Crippen molar-refractivity contribution < 1.29 is 9.72 Å². The second-order valence-electron chi connectivity index (χ2n) is 4.34. The lowest BCUT2D eigenvalue weighted by Crippen LogP contribution is -2.12. The van der Waals surface area contributed by atoms with Crippen molar-refractivity contribution in [3.63, 3.8) is 0 Å². The molecule has 102 valence electrons. The summed E-state index contributed by atoms with van der Waals surface area (Å²) in [5.41, 5.74) is 7.36. The minimum Gasteiger partial charge on any atom is -0.399 e. The molecule has 0 saturated carbocycles. The minimum absolute atomic E-state index is 0.0321. The molecule has 0 radical (unpaired) electrons. The number of aryl methyl sites for hydroxylation is 1. The van der Waals surface area contributed by atoms with Crippen LogP contribution in [-0.4, -0.2) is 10.8 Å². The standard InChI is InChI=1S/C14H13N3O3/c1-9-5-6-12(8-13(9)17(19)20)16-14(18)10-3-2-4-11(15)7-10/h2-8H,15H2,1H3,(H,16,18). The molecular weight excluding hydrogens is 258 g/mol. The van der Waals surface area contributed by atoms with E-state index in [1.807, 2.05) is 0 Å². The summed E-state index contributed by atoms with van der Waals surface area (Å²) in [7, 11) is 0. The number of nitro benzene ring substituents is 1. The first-order valence-electron chi connectivity index (χ1n) is 5.89. The van der Waals surface area contributed by atoms with Crippen molar-refractivity contribution in [2.75, 3.05) is 11.1 Å². The summed E-state index contributed by atoms with van der Waals surface area (Å²) in [4.78, 5) is 22.4. The van der Waals surface area contributed by atoms with Crippen LogP contribution in [0.15, 0.2) is 42.5 Å². The van der Waals surface area contributed by atoms with Crippen molar-refractivity contribution in [3.8, 4) is 0 Å². The highest BCUT2D eigenvalue weighted by molar-refractivity contribution is 6.04. The number of carbonyl (C=O) groups excluding carboxylic acids is 1. The van der Waals surface area contributed by atoms with Crippen LogP contribution in [0, 0.1) is 17.0 Å². The molecule has 0 aliphatic carbocycles. The Morgan fingerprint density at radius 3 is 2.65 bits per heavy atom. The first kappa shape index (κ1) is 13.5. The summed E-state index contributed by atoms with van der Waals surface area (Å²) in [5, 5.41) is 13.5. The Kier molecular flexibility index (Phi) is 3.65. The Morgan fingerprint density at radius 2 is 2.00 bits per heavy atom. The smallest absolute Gasteiger partial charge is 0.274 e. The molecule has 20 heavy (non-hydrogen) atoms. The third kappa shape index (κ3) is 2.92. The fourth-order valence-corrected chi connectivity index (χ4v) is 1.77. The van der Waals surface area contributed by atoms with Crippen LogP contribution in [0.2, 0.25) is 0 Å². The fraction of sp³-hybridized carbons (Fsp3) is 0.0714. The number of hydrogen-bond donors (Lipinski definition) is 2. The number of benzene rings is 2. The van der Waals surface area contributed by atoms with Gasteiger partial charge in [-0.25, -0.2) is 0 Å². The molecule has 0 aliphatic rings. The Labute approximate surface area is 115 Å². The van der Waals surface area contributed by atoms with Gasteiger partial charge in [0.1, 0.15) is 0 Å². The van der Waals surface area contributed by atoms with E-state index >= 15 is 0 Å². The van der Waals surface area contributed by atoms with E-state index in [-0.39, 0.29) is 11.6 Å². The number of nitrogen functional groups attached to an aromatic ring is 1. The third-order valence-electron chi connectivity index (χ3n) is 2.81. The lowest BCUT2D eigenvalue weighted by molar-refractivity contribution is -0.385. The predicted molar refractivity (Wildman–Crippen MR) is 76.6 cm³/mol. The van der Waals surface area contributed by atoms with E-state index < -0.39 is 4.92 Å². The van der Waals surface area contributed by atoms with Gasteiger partial charge in [0.25, 0.3) is 11.6 Å². The molecule has 0 unspecified atom stereocenters. The maximum atomic E-state index is 12.0. The molecule has 0 aliphatic heterocycles. The summed E-state index contributed by atoms with van der Waals surface area (Å²) in [6.07, 6.45) is 0. The molecule has 0 atom stereocenters. The van der Waals surface area contributed by atoms with E-state index in [4.69, 9.17) is 5.73 Å². The number of nitrogens with one attached hydrogen (secondary N) is 1. The number of anilines is 2.